The molecule has 3 heteroatoms. The minimum absolute atomic E-state index is 0.238. The number of amides is 1. The van der Waals surface area contributed by atoms with E-state index in [1.807, 2.05) is 0 Å². The highest BCUT2D eigenvalue weighted by molar-refractivity contribution is 5.75. The van der Waals surface area contributed by atoms with Crippen molar-refractivity contribution in [2.75, 3.05) is 26.7 Å². The van der Waals surface area contributed by atoms with Gasteiger partial charge in [-0.15, -0.1) is 0 Å². The van der Waals surface area contributed by atoms with Crippen molar-refractivity contribution in [2.24, 2.45) is 5.92 Å². The highest BCUT2D eigenvalue weighted by atomic mass is 16.1. The Morgan fingerprint density at radius 2 is 1.26 bits per heavy atom. The Labute approximate surface area is 171 Å². The van der Waals surface area contributed by atoms with Gasteiger partial charge in [-0.1, -0.05) is 97.8 Å². The minimum Gasteiger partial charge on any atom is -0.356 e. The fraction of sp³-hybridized carbons (Fsp3) is 0.958. The molecular formula is C24H50N2O. The van der Waals surface area contributed by atoms with Gasteiger partial charge in [0.2, 0.25) is 5.91 Å². The maximum atomic E-state index is 11.8. The maximum absolute atomic E-state index is 11.8. The highest BCUT2D eigenvalue weighted by Crippen LogP contribution is 2.14. The van der Waals surface area contributed by atoms with Gasteiger partial charge in [0.15, 0.2) is 0 Å². The largest absolute Gasteiger partial charge is 0.356 e. The van der Waals surface area contributed by atoms with E-state index in [4.69, 9.17) is 0 Å². The summed E-state index contributed by atoms with van der Waals surface area (Å²) >= 11 is 0. The van der Waals surface area contributed by atoms with Crippen LogP contribution >= 0.6 is 0 Å². The molecule has 3 nitrogen and oxygen atoms in total. The van der Waals surface area contributed by atoms with Gasteiger partial charge in [-0.05, 0) is 38.9 Å². The molecule has 1 amide bonds. The van der Waals surface area contributed by atoms with Crippen molar-refractivity contribution in [2.45, 2.75) is 117 Å². The van der Waals surface area contributed by atoms with Crippen molar-refractivity contribution < 1.29 is 4.79 Å². The van der Waals surface area contributed by atoms with Crippen LogP contribution < -0.4 is 5.32 Å². The predicted molar refractivity (Wildman–Crippen MR) is 120 cm³/mol. The quantitative estimate of drug-likeness (QED) is 0.242. The molecule has 0 unspecified atom stereocenters. The third kappa shape index (κ3) is 21.6. The number of hydrogen-bond donors (Lipinski definition) is 1. The zero-order chi connectivity index (χ0) is 20.2. The minimum atomic E-state index is 0.238. The van der Waals surface area contributed by atoms with Crippen LogP contribution in [0.15, 0.2) is 0 Å². The lowest BCUT2D eigenvalue weighted by Gasteiger charge is -2.13. The summed E-state index contributed by atoms with van der Waals surface area (Å²) in [6.45, 7) is 9.77. The second-order valence-corrected chi connectivity index (χ2v) is 8.77. The number of carbonyl (C=O) groups excluding carboxylic acids is 1. The monoisotopic (exact) mass is 382 g/mol. The van der Waals surface area contributed by atoms with E-state index in [9.17, 15) is 4.79 Å². The van der Waals surface area contributed by atoms with Crippen molar-refractivity contribution in [1.82, 2.24) is 10.2 Å². The van der Waals surface area contributed by atoms with E-state index in [0.29, 0.717) is 6.42 Å². The molecule has 0 radical (unpaired) electrons. The molecule has 0 heterocycles. The average Bonchev–Trinajstić information content (AvgIpc) is 2.64. The lowest BCUT2D eigenvalue weighted by Crippen LogP contribution is -2.27. The molecule has 0 spiro atoms. The average molecular weight is 383 g/mol. The molecule has 0 aromatic rings. The van der Waals surface area contributed by atoms with Crippen LogP contribution in [0.5, 0.6) is 0 Å². The Balaban J connectivity index is 3.17. The Morgan fingerprint density at radius 1 is 0.778 bits per heavy atom. The van der Waals surface area contributed by atoms with E-state index in [2.05, 4.69) is 38.0 Å². The number of nitrogens with zero attached hydrogens (tertiary/aromatic N) is 1. The number of nitrogens with one attached hydrogen (secondary N) is 1. The second-order valence-electron chi connectivity index (χ2n) is 8.77. The summed E-state index contributed by atoms with van der Waals surface area (Å²) in [5.41, 5.74) is 0. The fourth-order valence-electron chi connectivity index (χ4n) is 3.43. The first-order chi connectivity index (χ1) is 13.1. The summed E-state index contributed by atoms with van der Waals surface area (Å²) in [6, 6.07) is 0. The zero-order valence-corrected chi connectivity index (χ0v) is 19.2. The molecule has 0 aliphatic carbocycles. The molecule has 0 atom stereocenters. The molecule has 0 saturated carbocycles. The van der Waals surface area contributed by atoms with Crippen LogP contribution in [-0.2, 0) is 4.79 Å². The van der Waals surface area contributed by atoms with E-state index in [-0.39, 0.29) is 5.91 Å². The van der Waals surface area contributed by atoms with E-state index < -0.39 is 0 Å². The van der Waals surface area contributed by atoms with Gasteiger partial charge in [-0.25, -0.2) is 0 Å². The van der Waals surface area contributed by atoms with Crippen LogP contribution in [-0.4, -0.2) is 37.5 Å². The molecule has 1 N–H and O–H groups in total. The second kappa shape index (κ2) is 20.2. The first kappa shape index (κ1) is 26.4. The molecule has 0 aromatic heterocycles. The molecule has 27 heavy (non-hydrogen) atoms. The van der Waals surface area contributed by atoms with Crippen molar-refractivity contribution in [1.29, 1.82) is 0 Å². The van der Waals surface area contributed by atoms with Gasteiger partial charge in [-0.2, -0.15) is 0 Å². The van der Waals surface area contributed by atoms with Crippen LogP contribution in [0.4, 0.5) is 0 Å². The standard InChI is InChI=1S/C24H50N2O/c1-5-26(4)22-18-21-25-24(27)20-17-15-13-11-9-7-6-8-10-12-14-16-19-23(2)3/h23H,5-22H2,1-4H3,(H,25,27). The maximum Gasteiger partial charge on any atom is 0.219 e. The summed E-state index contributed by atoms with van der Waals surface area (Å²) < 4.78 is 0. The smallest absolute Gasteiger partial charge is 0.219 e. The van der Waals surface area contributed by atoms with Crippen molar-refractivity contribution in [3.8, 4) is 0 Å². The van der Waals surface area contributed by atoms with Crippen molar-refractivity contribution in [3.63, 3.8) is 0 Å². The summed E-state index contributed by atoms with van der Waals surface area (Å²) in [6.07, 6.45) is 19.4. The first-order valence-corrected chi connectivity index (χ1v) is 12.0. The molecule has 162 valence electrons. The van der Waals surface area contributed by atoms with E-state index in [1.54, 1.807) is 0 Å². The third-order valence-electron chi connectivity index (χ3n) is 5.51. The van der Waals surface area contributed by atoms with Crippen LogP contribution in [0, 0.1) is 5.92 Å². The fourth-order valence-corrected chi connectivity index (χ4v) is 3.43. The van der Waals surface area contributed by atoms with Gasteiger partial charge in [0.05, 0.1) is 0 Å². The van der Waals surface area contributed by atoms with Gasteiger partial charge < -0.3 is 10.2 Å². The molecule has 0 aliphatic heterocycles. The van der Waals surface area contributed by atoms with Crippen LogP contribution in [0.2, 0.25) is 0 Å². The number of unbranched alkanes of at least 4 members (excludes halogenated alkanes) is 11. The Hall–Kier alpha value is -0.570. The lowest BCUT2D eigenvalue weighted by molar-refractivity contribution is -0.121. The number of carbonyl (C=O) groups is 1. The lowest BCUT2D eigenvalue weighted by atomic mass is 10.0. The summed E-state index contributed by atoms with van der Waals surface area (Å²) in [5.74, 6) is 1.11. The van der Waals surface area contributed by atoms with E-state index in [1.165, 1.54) is 77.0 Å². The Morgan fingerprint density at radius 3 is 1.74 bits per heavy atom. The zero-order valence-electron chi connectivity index (χ0n) is 19.2. The van der Waals surface area contributed by atoms with Crippen molar-refractivity contribution in [3.05, 3.63) is 0 Å². The topological polar surface area (TPSA) is 32.3 Å². The first-order valence-electron chi connectivity index (χ1n) is 12.0. The van der Waals surface area contributed by atoms with Crippen LogP contribution in [0.3, 0.4) is 0 Å². The normalized spacial score (nSPS) is 11.5. The summed E-state index contributed by atoms with van der Waals surface area (Å²) in [4.78, 5) is 14.0. The molecule has 0 saturated heterocycles. The van der Waals surface area contributed by atoms with Gasteiger partial charge >= 0.3 is 0 Å². The predicted octanol–water partition coefficient (Wildman–Crippen LogP) is 6.56. The molecular weight excluding hydrogens is 332 g/mol. The van der Waals surface area contributed by atoms with Gasteiger partial charge in [0.1, 0.15) is 0 Å². The SMILES string of the molecule is CCN(C)CCCNC(=O)CCCCCCCCCCCCCCC(C)C. The molecule has 0 aliphatic rings. The van der Waals surface area contributed by atoms with Crippen LogP contribution in [0.1, 0.15) is 117 Å². The van der Waals surface area contributed by atoms with Crippen LogP contribution in [0.25, 0.3) is 0 Å². The van der Waals surface area contributed by atoms with E-state index in [0.717, 1.165) is 38.4 Å². The Bertz CT molecular complexity index is 318. The third-order valence-corrected chi connectivity index (χ3v) is 5.51. The van der Waals surface area contributed by atoms with Gasteiger partial charge in [0, 0.05) is 13.0 Å². The number of hydrogen-bond acceptors (Lipinski definition) is 2. The Kier molecular flexibility index (Phi) is 19.7. The molecule has 0 fully saturated rings. The summed E-state index contributed by atoms with van der Waals surface area (Å²) in [5, 5.41) is 3.05. The van der Waals surface area contributed by atoms with Crippen molar-refractivity contribution >= 4 is 5.91 Å². The number of rotatable bonds is 20. The molecule has 0 bridgehead atoms. The summed E-state index contributed by atoms with van der Waals surface area (Å²) in [7, 11) is 2.12. The van der Waals surface area contributed by atoms with E-state index >= 15 is 0 Å². The molecule has 0 aromatic carbocycles. The van der Waals surface area contributed by atoms with Gasteiger partial charge in [0.25, 0.3) is 0 Å². The van der Waals surface area contributed by atoms with Gasteiger partial charge in [-0.3, -0.25) is 4.79 Å². The highest BCUT2D eigenvalue weighted by Gasteiger charge is 2.01. The molecule has 0 rings (SSSR count).